The molecule has 302 valence electrons. The lowest BCUT2D eigenvalue weighted by Crippen LogP contribution is -2.16. The van der Waals surface area contributed by atoms with Gasteiger partial charge < -0.3 is 9.32 Å². The van der Waals surface area contributed by atoms with Gasteiger partial charge in [0, 0.05) is 59.0 Å². The molecule has 3 aliphatic rings. The zero-order valence-corrected chi connectivity index (χ0v) is 36.3. The molecule has 13 rings (SSSR count). The quantitative estimate of drug-likeness (QED) is 0.172. The van der Waals surface area contributed by atoms with Crippen LogP contribution in [0.15, 0.2) is 193 Å². The van der Waals surface area contributed by atoms with Crippen LogP contribution in [-0.2, 0) is 11.8 Å². The summed E-state index contributed by atoms with van der Waals surface area (Å²) < 4.78 is 9.40. The first-order valence-corrected chi connectivity index (χ1v) is 23.3. The van der Waals surface area contributed by atoms with Gasteiger partial charge in [0.05, 0.1) is 0 Å². The lowest BCUT2D eigenvalue weighted by Gasteiger charge is -2.31. The first-order valence-electron chi connectivity index (χ1n) is 22.4. The summed E-state index contributed by atoms with van der Waals surface area (Å²) in [6.07, 6.45) is 10.2. The second-order valence-corrected chi connectivity index (χ2v) is 19.4. The molecule has 0 amide bonds. The van der Waals surface area contributed by atoms with Gasteiger partial charge in [0.15, 0.2) is 0 Å². The predicted octanol–water partition coefficient (Wildman–Crippen LogP) is 17.1. The van der Waals surface area contributed by atoms with Crippen molar-refractivity contribution in [3.05, 3.63) is 216 Å². The molecule has 0 aliphatic heterocycles. The molecule has 2 heterocycles. The van der Waals surface area contributed by atoms with Crippen LogP contribution in [-0.4, -0.2) is 0 Å². The summed E-state index contributed by atoms with van der Waals surface area (Å²) in [5, 5.41) is 5.05. The van der Waals surface area contributed by atoms with Crippen molar-refractivity contribution < 1.29 is 4.42 Å². The maximum atomic E-state index is 6.76. The van der Waals surface area contributed by atoms with Crippen LogP contribution in [0.1, 0.15) is 60.4 Å². The van der Waals surface area contributed by atoms with Crippen LogP contribution in [0, 0.1) is 5.92 Å². The number of nitrogens with zero attached hydrogens (tertiary/aromatic N) is 1. The number of fused-ring (bicyclic) bond motifs is 12. The van der Waals surface area contributed by atoms with Gasteiger partial charge in [0.25, 0.3) is 0 Å². The van der Waals surface area contributed by atoms with Gasteiger partial charge in [-0.3, -0.25) is 0 Å². The first-order chi connectivity index (χ1) is 31.0. The Morgan fingerprint density at radius 3 is 2.19 bits per heavy atom. The van der Waals surface area contributed by atoms with Gasteiger partial charge >= 0.3 is 0 Å². The van der Waals surface area contributed by atoms with Crippen molar-refractivity contribution in [2.75, 3.05) is 4.90 Å². The van der Waals surface area contributed by atoms with Gasteiger partial charge in [0.2, 0.25) is 0 Å². The van der Waals surface area contributed by atoms with E-state index >= 15 is 0 Å². The maximum Gasteiger partial charge on any atom is 0.136 e. The molecule has 0 N–H and O–H groups in total. The molecule has 0 radical (unpaired) electrons. The molecule has 0 fully saturated rings. The Balaban J connectivity index is 0.930. The minimum atomic E-state index is -0.0979. The highest BCUT2D eigenvalue weighted by Gasteiger charge is 2.38. The number of thiophene rings is 1. The number of furan rings is 1. The van der Waals surface area contributed by atoms with Gasteiger partial charge in [-0.2, -0.15) is 0 Å². The van der Waals surface area contributed by atoms with Crippen molar-refractivity contribution in [3.8, 4) is 22.3 Å². The summed E-state index contributed by atoms with van der Waals surface area (Å²) in [6.45, 7) is 4.78. The fraction of sp³-hybridized carbons (Fsp3) is 0.133. The molecule has 2 aromatic heterocycles. The third-order valence-electron chi connectivity index (χ3n) is 14.5. The van der Waals surface area contributed by atoms with Crippen molar-refractivity contribution in [2.45, 2.75) is 44.4 Å². The Labute approximate surface area is 372 Å². The van der Waals surface area contributed by atoms with Gasteiger partial charge in [-0.15, -0.1) is 11.3 Å². The second-order valence-electron chi connectivity index (χ2n) is 18.3. The number of rotatable bonds is 5. The Morgan fingerprint density at radius 2 is 1.30 bits per heavy atom. The van der Waals surface area contributed by atoms with E-state index in [-0.39, 0.29) is 5.41 Å². The zero-order chi connectivity index (χ0) is 41.8. The number of allylic oxidation sites excluding steroid dienone is 4. The molecule has 0 spiro atoms. The van der Waals surface area contributed by atoms with Crippen molar-refractivity contribution in [1.82, 2.24) is 0 Å². The minimum absolute atomic E-state index is 0.0979. The van der Waals surface area contributed by atoms with Crippen LogP contribution in [0.25, 0.3) is 69.9 Å². The molecule has 63 heavy (non-hydrogen) atoms. The van der Waals surface area contributed by atoms with Crippen molar-refractivity contribution in [3.63, 3.8) is 0 Å². The fourth-order valence-corrected chi connectivity index (χ4v) is 12.7. The van der Waals surface area contributed by atoms with E-state index in [0.29, 0.717) is 11.8 Å². The van der Waals surface area contributed by atoms with Gasteiger partial charge in [0.1, 0.15) is 11.2 Å². The van der Waals surface area contributed by atoms with Crippen LogP contribution in [0.4, 0.5) is 17.1 Å². The van der Waals surface area contributed by atoms with E-state index in [2.05, 4.69) is 207 Å². The molecule has 2 nitrogen and oxygen atoms in total. The van der Waals surface area contributed by atoms with Crippen molar-refractivity contribution in [2.24, 2.45) is 5.92 Å². The zero-order valence-electron chi connectivity index (χ0n) is 35.4. The van der Waals surface area contributed by atoms with E-state index in [9.17, 15) is 0 Å². The summed E-state index contributed by atoms with van der Waals surface area (Å²) in [5.41, 5.74) is 19.1. The highest BCUT2D eigenvalue weighted by molar-refractivity contribution is 7.25. The first kappa shape index (κ1) is 36.7. The molecule has 2 atom stereocenters. The van der Waals surface area contributed by atoms with E-state index in [1.54, 1.807) is 0 Å². The summed E-state index contributed by atoms with van der Waals surface area (Å²) in [4.78, 5) is 2.41. The van der Waals surface area contributed by atoms with Gasteiger partial charge in [-0.05, 0) is 142 Å². The molecule has 2 unspecified atom stereocenters. The summed E-state index contributed by atoms with van der Waals surface area (Å²) in [5.74, 6) is 0.694. The Morgan fingerprint density at radius 1 is 0.571 bits per heavy atom. The summed E-state index contributed by atoms with van der Waals surface area (Å²) in [7, 11) is 0. The van der Waals surface area contributed by atoms with Gasteiger partial charge in [-0.25, -0.2) is 0 Å². The van der Waals surface area contributed by atoms with Gasteiger partial charge in [-0.1, -0.05) is 141 Å². The van der Waals surface area contributed by atoms with E-state index < -0.39 is 0 Å². The largest absolute Gasteiger partial charge is 0.456 e. The Kier molecular flexibility index (Phi) is 8.18. The van der Waals surface area contributed by atoms with E-state index in [0.717, 1.165) is 41.8 Å². The average Bonchev–Trinajstić information content (AvgIpc) is 3.92. The highest BCUT2D eigenvalue weighted by Crippen LogP contribution is 2.55. The van der Waals surface area contributed by atoms with E-state index in [1.807, 2.05) is 11.3 Å². The average molecular weight is 828 g/mol. The topological polar surface area (TPSA) is 16.4 Å². The standard InChI is InChI=1S/C60H45NOS/c1-60(2)51-21-11-8-17-45(51)46-32-27-38(34-52(46)60)58-57-39(35-54-59(58)50-20-9-12-22-53(50)62-54)26-31-43(44-16-6-7-19-49(44)57)37-24-28-41(29-25-37)61(40-14-4-3-5-15-40)42-30-33-48-47-18-10-13-23-55(47)63-56(48)36-42/h3-15,17-25,27-30,32-36,43-44H,16,26,31H2,1-2H3. The normalized spacial score (nSPS) is 17.3. The van der Waals surface area contributed by atoms with Crippen LogP contribution >= 0.6 is 11.3 Å². The number of benzene rings is 8. The Bertz CT molecular complexity index is 3530. The second kappa shape index (κ2) is 14.0. The third-order valence-corrected chi connectivity index (χ3v) is 15.7. The molecule has 10 aromatic rings. The summed E-state index contributed by atoms with van der Waals surface area (Å²) in [6, 6.07) is 63.3. The molecular weight excluding hydrogens is 783 g/mol. The highest BCUT2D eigenvalue weighted by atomic mass is 32.1. The van der Waals surface area contributed by atoms with E-state index in [4.69, 9.17) is 4.42 Å². The molecule has 3 heteroatoms. The number of hydrogen-bond acceptors (Lipinski definition) is 3. The van der Waals surface area contributed by atoms with Crippen LogP contribution in [0.3, 0.4) is 0 Å². The molecular formula is C60H45NOS. The third kappa shape index (κ3) is 5.62. The number of aryl methyl sites for hydroxylation is 1. The molecule has 0 saturated heterocycles. The van der Waals surface area contributed by atoms with Crippen LogP contribution < -0.4 is 4.90 Å². The lowest BCUT2D eigenvalue weighted by molar-refractivity contribution is 0.499. The SMILES string of the molecule is CC1(C)c2ccccc2-c2ccc(-c3c4c(cc5oc6ccccc6c35)CCC(c3ccc(N(c5ccccc5)c5ccc6c(c5)sc5ccccc56)cc3)C3CC=CC=C43)cc21. The fourth-order valence-electron chi connectivity index (χ4n) is 11.6. The van der Waals surface area contributed by atoms with E-state index in [1.165, 1.54) is 92.3 Å². The van der Waals surface area contributed by atoms with Crippen molar-refractivity contribution in [1.29, 1.82) is 0 Å². The van der Waals surface area contributed by atoms with Crippen LogP contribution in [0.5, 0.6) is 0 Å². The monoisotopic (exact) mass is 827 g/mol. The predicted molar refractivity (Wildman–Crippen MR) is 267 cm³/mol. The van der Waals surface area contributed by atoms with Crippen molar-refractivity contribution >= 4 is 76.1 Å². The molecule has 0 bridgehead atoms. The minimum Gasteiger partial charge on any atom is -0.456 e. The smallest absolute Gasteiger partial charge is 0.136 e. The van der Waals surface area contributed by atoms with Crippen LogP contribution in [0.2, 0.25) is 0 Å². The summed E-state index contributed by atoms with van der Waals surface area (Å²) >= 11 is 1.87. The molecule has 3 aliphatic carbocycles. The lowest BCUT2D eigenvalue weighted by atomic mass is 9.74. The number of hydrogen-bond donors (Lipinski definition) is 0. The number of anilines is 3. The molecule has 0 saturated carbocycles. The molecule has 8 aromatic carbocycles. The number of para-hydroxylation sites is 2. The Hall–Kier alpha value is -6.94. The maximum absolute atomic E-state index is 6.76.